The van der Waals surface area contributed by atoms with E-state index in [-0.39, 0.29) is 18.3 Å². The number of rotatable bonds is 8. The molecule has 0 bridgehead atoms. The van der Waals surface area contributed by atoms with Gasteiger partial charge in [-0.2, -0.15) is 0 Å². The second-order valence-corrected chi connectivity index (χ2v) is 9.86. The van der Waals surface area contributed by atoms with Crippen LogP contribution in [0.4, 0.5) is 0 Å². The van der Waals surface area contributed by atoms with E-state index < -0.39 is 0 Å². The van der Waals surface area contributed by atoms with E-state index in [2.05, 4.69) is 24.3 Å². The number of halogens is 1. The van der Waals surface area contributed by atoms with E-state index in [1.165, 1.54) is 34.0 Å². The van der Waals surface area contributed by atoms with Crippen molar-refractivity contribution >= 4 is 35.6 Å². The molecule has 0 N–H and O–H groups in total. The van der Waals surface area contributed by atoms with Crippen molar-refractivity contribution in [2.75, 3.05) is 6.61 Å². The third kappa shape index (κ3) is 4.90. The van der Waals surface area contributed by atoms with E-state index in [1.54, 1.807) is 6.07 Å². The number of benzene rings is 4. The van der Waals surface area contributed by atoms with E-state index in [1.807, 2.05) is 60.7 Å². The Morgan fingerprint density at radius 3 is 2.23 bits per heavy atom. The largest absolute Gasteiger partial charge is 0.465 e. The molecule has 0 fully saturated rings. The summed E-state index contributed by atoms with van der Waals surface area (Å²) in [5.74, 6) is -0.195. The van der Waals surface area contributed by atoms with E-state index >= 15 is 0 Å². The molecule has 174 valence electrons. The van der Waals surface area contributed by atoms with Gasteiger partial charge in [0.25, 0.3) is 0 Å². The molecule has 1 aliphatic carbocycles. The number of carbonyl (C=O) groups is 2. The summed E-state index contributed by atoms with van der Waals surface area (Å²) in [5.41, 5.74) is 6.38. The van der Waals surface area contributed by atoms with Crippen LogP contribution in [0.2, 0.25) is 5.02 Å². The Balaban J connectivity index is 1.26. The number of hydrogen-bond donors (Lipinski definition) is 0. The highest BCUT2D eigenvalue weighted by Crippen LogP contribution is 2.44. The van der Waals surface area contributed by atoms with Gasteiger partial charge in [-0.05, 0) is 46.4 Å². The highest BCUT2D eigenvalue weighted by atomic mass is 35.5. The Hall–Kier alpha value is -3.34. The molecule has 5 rings (SSSR count). The smallest absolute Gasteiger partial charge is 0.306 e. The maximum Gasteiger partial charge on any atom is 0.306 e. The molecule has 5 heteroatoms. The topological polar surface area (TPSA) is 43.4 Å². The summed E-state index contributed by atoms with van der Waals surface area (Å²) in [5, 5.41) is 0.598. The zero-order chi connectivity index (χ0) is 24.2. The Morgan fingerprint density at radius 1 is 0.857 bits per heavy atom. The Labute approximate surface area is 214 Å². The van der Waals surface area contributed by atoms with Gasteiger partial charge in [0.1, 0.15) is 6.61 Å². The van der Waals surface area contributed by atoms with Crippen LogP contribution in [-0.4, -0.2) is 18.9 Å². The Kier molecular flexibility index (Phi) is 7.03. The first-order chi connectivity index (χ1) is 17.2. The van der Waals surface area contributed by atoms with Gasteiger partial charge in [0, 0.05) is 27.7 Å². The fourth-order valence-electron chi connectivity index (χ4n) is 4.57. The van der Waals surface area contributed by atoms with Crippen LogP contribution in [0.15, 0.2) is 101 Å². The second kappa shape index (κ2) is 10.5. The molecule has 3 nitrogen and oxygen atoms in total. The van der Waals surface area contributed by atoms with E-state index in [9.17, 15) is 9.59 Å². The maximum absolute atomic E-state index is 12.7. The third-order valence-corrected chi connectivity index (χ3v) is 7.98. The fraction of sp³-hybridized carbons (Fsp3) is 0.133. The van der Waals surface area contributed by atoms with Crippen molar-refractivity contribution in [1.82, 2.24) is 0 Å². The molecule has 0 spiro atoms. The molecule has 4 aromatic carbocycles. The zero-order valence-electron chi connectivity index (χ0n) is 18.9. The SMILES string of the molecule is O=Cc1ccccc1Sc1c(Cl)cccc1CCC(=O)OCC1c2ccccc2-c2ccccc21. The number of aldehydes is 1. The summed E-state index contributed by atoms with van der Waals surface area (Å²) < 4.78 is 5.76. The van der Waals surface area contributed by atoms with Crippen LogP contribution in [0.3, 0.4) is 0 Å². The summed E-state index contributed by atoms with van der Waals surface area (Å²) in [6.07, 6.45) is 1.59. The molecule has 0 aromatic heterocycles. The first kappa shape index (κ1) is 23.4. The number of esters is 1. The summed E-state index contributed by atoms with van der Waals surface area (Å²) in [6, 6.07) is 29.7. The van der Waals surface area contributed by atoms with Gasteiger partial charge in [0.2, 0.25) is 0 Å². The molecule has 0 saturated carbocycles. The van der Waals surface area contributed by atoms with Gasteiger partial charge < -0.3 is 4.74 Å². The lowest BCUT2D eigenvalue weighted by molar-refractivity contribution is -0.143. The quantitative estimate of drug-likeness (QED) is 0.185. The van der Waals surface area contributed by atoms with Crippen LogP contribution in [0.5, 0.6) is 0 Å². The summed E-state index contributed by atoms with van der Waals surface area (Å²) in [6.45, 7) is 0.316. The summed E-state index contributed by atoms with van der Waals surface area (Å²) in [4.78, 5) is 25.9. The number of carbonyl (C=O) groups excluding carboxylic acids is 2. The van der Waals surface area contributed by atoms with E-state index in [0.717, 1.165) is 21.6 Å². The maximum atomic E-state index is 12.7. The molecule has 0 atom stereocenters. The molecule has 0 saturated heterocycles. The average Bonchev–Trinajstić information content (AvgIpc) is 3.21. The van der Waals surface area contributed by atoms with Gasteiger partial charge in [-0.3, -0.25) is 9.59 Å². The van der Waals surface area contributed by atoms with Gasteiger partial charge >= 0.3 is 5.97 Å². The minimum atomic E-state index is -0.240. The molecular weight excluding hydrogens is 476 g/mol. The normalized spacial score (nSPS) is 12.1. The molecule has 0 radical (unpaired) electrons. The standard InChI is InChI=1S/C30H23ClO3S/c31-27-14-7-9-20(30(27)35-28-15-6-1-8-21(28)18-32)16-17-29(33)34-19-26-24-12-4-2-10-22(24)23-11-3-5-13-25(23)26/h1-15,18,26H,16-17,19H2. The lowest BCUT2D eigenvalue weighted by Gasteiger charge is -2.15. The molecule has 35 heavy (non-hydrogen) atoms. The minimum Gasteiger partial charge on any atom is -0.465 e. The van der Waals surface area contributed by atoms with Crippen molar-refractivity contribution in [3.63, 3.8) is 0 Å². The lowest BCUT2D eigenvalue weighted by Crippen LogP contribution is -2.13. The fourth-order valence-corrected chi connectivity index (χ4v) is 5.95. The molecule has 0 aliphatic heterocycles. The summed E-state index contributed by atoms with van der Waals surface area (Å²) in [7, 11) is 0. The molecular formula is C30H23ClO3S. The number of ether oxygens (including phenoxy) is 1. The predicted octanol–water partition coefficient (Wildman–Crippen LogP) is 7.59. The molecule has 0 unspecified atom stereocenters. The van der Waals surface area contributed by atoms with Crippen molar-refractivity contribution in [3.8, 4) is 11.1 Å². The molecule has 0 heterocycles. The van der Waals surface area contributed by atoms with Crippen molar-refractivity contribution in [3.05, 3.63) is 118 Å². The van der Waals surface area contributed by atoms with Crippen LogP contribution >= 0.6 is 23.4 Å². The van der Waals surface area contributed by atoms with Gasteiger partial charge in [0.15, 0.2) is 6.29 Å². The third-order valence-electron chi connectivity index (χ3n) is 6.28. The van der Waals surface area contributed by atoms with Crippen molar-refractivity contribution in [2.45, 2.75) is 28.6 Å². The first-order valence-corrected chi connectivity index (χ1v) is 12.7. The van der Waals surface area contributed by atoms with Crippen LogP contribution in [0.1, 0.15) is 39.4 Å². The number of aryl methyl sites for hydroxylation is 1. The van der Waals surface area contributed by atoms with Gasteiger partial charge in [-0.25, -0.2) is 0 Å². The Morgan fingerprint density at radius 2 is 1.51 bits per heavy atom. The number of fused-ring (bicyclic) bond motifs is 3. The average molecular weight is 499 g/mol. The van der Waals surface area contributed by atoms with Crippen molar-refractivity contribution in [1.29, 1.82) is 0 Å². The van der Waals surface area contributed by atoms with Crippen molar-refractivity contribution in [2.24, 2.45) is 0 Å². The zero-order valence-corrected chi connectivity index (χ0v) is 20.5. The first-order valence-electron chi connectivity index (χ1n) is 11.5. The monoisotopic (exact) mass is 498 g/mol. The predicted molar refractivity (Wildman–Crippen MR) is 140 cm³/mol. The second-order valence-electron chi connectivity index (χ2n) is 8.40. The van der Waals surface area contributed by atoms with Crippen LogP contribution in [0, 0.1) is 0 Å². The molecule has 1 aliphatic rings. The van der Waals surface area contributed by atoms with Gasteiger partial charge in [-0.1, -0.05) is 102 Å². The van der Waals surface area contributed by atoms with E-state index in [0.29, 0.717) is 23.6 Å². The highest BCUT2D eigenvalue weighted by Gasteiger charge is 2.29. The number of hydrogen-bond acceptors (Lipinski definition) is 4. The van der Waals surface area contributed by atoms with Crippen LogP contribution in [-0.2, 0) is 16.0 Å². The van der Waals surface area contributed by atoms with Crippen molar-refractivity contribution < 1.29 is 14.3 Å². The van der Waals surface area contributed by atoms with Crippen LogP contribution in [0.25, 0.3) is 11.1 Å². The lowest BCUT2D eigenvalue weighted by atomic mass is 9.98. The Bertz CT molecular complexity index is 1350. The summed E-state index contributed by atoms with van der Waals surface area (Å²) >= 11 is 7.95. The molecule has 0 amide bonds. The van der Waals surface area contributed by atoms with Crippen LogP contribution < -0.4 is 0 Å². The van der Waals surface area contributed by atoms with Gasteiger partial charge in [0.05, 0.1) is 5.02 Å². The van der Waals surface area contributed by atoms with Gasteiger partial charge in [-0.15, -0.1) is 0 Å². The minimum absolute atomic E-state index is 0.0449. The highest BCUT2D eigenvalue weighted by molar-refractivity contribution is 7.99. The molecule has 4 aromatic rings. The van der Waals surface area contributed by atoms with E-state index in [4.69, 9.17) is 16.3 Å².